The van der Waals surface area contributed by atoms with E-state index in [-0.39, 0.29) is 30.2 Å². The number of aliphatic imine (C=N–C) groups is 1. The highest BCUT2D eigenvalue weighted by molar-refractivity contribution is 7.43. The summed E-state index contributed by atoms with van der Waals surface area (Å²) in [6.45, 7) is 8.33. The first-order valence-corrected chi connectivity index (χ1v) is 15.3. The number of amidine groups is 1. The number of hydrogen-bond donors (Lipinski definition) is 2. The SMILES string of the molecule is CO[C@@H]1[C@H]([C@@H](CC#N)[P+](=O)N(C(C)C)C(C)C)[C@H](Cn2ccnc2)O[C@H]1N1C=CC(NC(=O)c2ccccc2)=N[C@H]1O. The first-order chi connectivity index (χ1) is 20.2. The normalized spacial score (nSPS) is 25.0. The maximum absolute atomic E-state index is 14.2. The van der Waals surface area contributed by atoms with Gasteiger partial charge in [0.2, 0.25) is 6.35 Å². The third-order valence-electron chi connectivity index (χ3n) is 7.44. The summed E-state index contributed by atoms with van der Waals surface area (Å²) < 4.78 is 30.5. The molecule has 3 heterocycles. The lowest BCUT2D eigenvalue weighted by atomic mass is 9.91. The minimum absolute atomic E-state index is 0.00767. The van der Waals surface area contributed by atoms with Gasteiger partial charge >= 0.3 is 7.95 Å². The molecule has 2 N–H and O–H groups in total. The van der Waals surface area contributed by atoms with Gasteiger partial charge in [-0.1, -0.05) is 22.9 Å². The zero-order chi connectivity index (χ0) is 30.4. The van der Waals surface area contributed by atoms with Crippen LogP contribution in [0.2, 0.25) is 0 Å². The van der Waals surface area contributed by atoms with Crippen LogP contribution >= 0.6 is 7.95 Å². The number of nitrogens with zero attached hydrogens (tertiary/aromatic N) is 6. The number of aromatic nitrogens is 2. The molecule has 13 heteroatoms. The third kappa shape index (κ3) is 6.94. The van der Waals surface area contributed by atoms with Gasteiger partial charge in [0.05, 0.1) is 37.4 Å². The number of benzene rings is 1. The highest BCUT2D eigenvalue weighted by Gasteiger charge is 2.58. The molecule has 0 aliphatic carbocycles. The monoisotopic (exact) mass is 596 g/mol. The Kier molecular flexibility index (Phi) is 10.6. The van der Waals surface area contributed by atoms with Crippen molar-refractivity contribution in [3.05, 3.63) is 66.9 Å². The van der Waals surface area contributed by atoms with Crippen molar-refractivity contribution in [1.82, 2.24) is 24.4 Å². The predicted octanol–water partition coefficient (Wildman–Crippen LogP) is 3.32. The van der Waals surface area contributed by atoms with Gasteiger partial charge in [-0.2, -0.15) is 5.26 Å². The van der Waals surface area contributed by atoms with Crippen molar-refractivity contribution < 1.29 is 23.9 Å². The summed E-state index contributed by atoms with van der Waals surface area (Å²) in [5.41, 5.74) is -0.114. The number of methoxy groups -OCH3 is 1. The summed E-state index contributed by atoms with van der Waals surface area (Å²) in [4.78, 5) is 22.5. The van der Waals surface area contributed by atoms with E-state index in [1.54, 1.807) is 56.2 Å². The van der Waals surface area contributed by atoms with Crippen molar-refractivity contribution in [2.24, 2.45) is 10.9 Å². The minimum atomic E-state index is -2.01. The molecule has 1 amide bonds. The number of imidazole rings is 1. The van der Waals surface area contributed by atoms with Gasteiger partial charge in [0.25, 0.3) is 5.91 Å². The second-order valence-corrected chi connectivity index (χ2v) is 12.6. The van der Waals surface area contributed by atoms with Crippen LogP contribution in [0.15, 0.2) is 66.3 Å². The Hall–Kier alpha value is -3.46. The van der Waals surface area contributed by atoms with E-state index in [9.17, 15) is 19.7 Å². The van der Waals surface area contributed by atoms with Crippen LogP contribution < -0.4 is 5.32 Å². The van der Waals surface area contributed by atoms with Crippen LogP contribution in [-0.2, 0) is 20.6 Å². The third-order valence-corrected chi connectivity index (χ3v) is 9.91. The average Bonchev–Trinajstić information content (AvgIpc) is 3.59. The number of ether oxygens (including phenoxy) is 2. The number of hydrogen-bond acceptors (Lipinski definition) is 9. The molecular weight excluding hydrogens is 557 g/mol. The van der Waals surface area contributed by atoms with Gasteiger partial charge in [-0.25, -0.2) is 9.98 Å². The van der Waals surface area contributed by atoms with Gasteiger partial charge in [0.1, 0.15) is 11.9 Å². The number of carbonyl (C=O) groups excluding carboxylic acids is 1. The molecule has 224 valence electrons. The number of aliphatic hydroxyl groups is 1. The number of carbonyl (C=O) groups is 1. The van der Waals surface area contributed by atoms with Crippen LogP contribution in [0, 0.1) is 17.2 Å². The number of nitriles is 1. The van der Waals surface area contributed by atoms with E-state index in [1.807, 2.05) is 49.2 Å². The quantitative estimate of drug-likeness (QED) is 0.373. The molecule has 2 aliphatic heterocycles. The van der Waals surface area contributed by atoms with Crippen molar-refractivity contribution in [3.8, 4) is 6.07 Å². The molecule has 1 aromatic carbocycles. The summed E-state index contributed by atoms with van der Waals surface area (Å²) in [5.74, 6) is -0.620. The fraction of sp³-hybridized carbons (Fsp3) is 0.517. The van der Waals surface area contributed by atoms with Gasteiger partial charge in [-0.05, 0) is 50.5 Å². The maximum atomic E-state index is 14.2. The molecule has 7 atom stereocenters. The van der Waals surface area contributed by atoms with Crippen molar-refractivity contribution in [3.63, 3.8) is 0 Å². The van der Waals surface area contributed by atoms with Crippen LogP contribution in [0.3, 0.4) is 0 Å². The lowest BCUT2D eigenvalue weighted by Gasteiger charge is -2.35. The summed E-state index contributed by atoms with van der Waals surface area (Å²) in [6, 6.07) is 10.9. The van der Waals surface area contributed by atoms with E-state index in [4.69, 9.17) is 9.47 Å². The molecule has 1 unspecified atom stereocenters. The molecule has 42 heavy (non-hydrogen) atoms. The van der Waals surface area contributed by atoms with Gasteiger partial charge < -0.3 is 29.4 Å². The first-order valence-electron chi connectivity index (χ1n) is 14.0. The maximum Gasteiger partial charge on any atom is 0.440 e. The van der Waals surface area contributed by atoms with E-state index in [2.05, 4.69) is 21.4 Å². The Morgan fingerprint density at radius 2 is 1.98 bits per heavy atom. The Bertz CT molecular complexity index is 1300. The summed E-state index contributed by atoms with van der Waals surface area (Å²) >= 11 is 0. The van der Waals surface area contributed by atoms with Crippen LogP contribution in [-0.4, -0.2) is 85.6 Å². The number of amides is 1. The number of aliphatic hydroxyl groups excluding tert-OH is 1. The second kappa shape index (κ2) is 14.1. The fourth-order valence-electron chi connectivity index (χ4n) is 5.71. The predicted molar refractivity (Wildman–Crippen MR) is 157 cm³/mol. The molecule has 0 saturated carbocycles. The summed E-state index contributed by atoms with van der Waals surface area (Å²) in [6.07, 6.45) is 4.98. The fourth-order valence-corrected chi connectivity index (χ4v) is 7.86. The molecule has 4 rings (SSSR count). The zero-order valence-corrected chi connectivity index (χ0v) is 25.4. The van der Waals surface area contributed by atoms with Gasteiger partial charge in [-0.15, -0.1) is 0 Å². The van der Waals surface area contributed by atoms with Crippen LogP contribution in [0.1, 0.15) is 44.5 Å². The Morgan fingerprint density at radius 1 is 1.26 bits per heavy atom. The molecular formula is C29H39N7O5P+. The molecule has 12 nitrogen and oxygen atoms in total. The van der Waals surface area contributed by atoms with Crippen molar-refractivity contribution >= 4 is 19.7 Å². The lowest BCUT2D eigenvalue weighted by molar-refractivity contribution is -0.132. The first kappa shape index (κ1) is 31.5. The highest BCUT2D eigenvalue weighted by Crippen LogP contribution is 2.49. The molecule has 0 radical (unpaired) electrons. The highest BCUT2D eigenvalue weighted by atomic mass is 31.1. The van der Waals surface area contributed by atoms with Gasteiger partial charge in [0.15, 0.2) is 11.9 Å². The lowest BCUT2D eigenvalue weighted by Crippen LogP contribution is -2.49. The minimum Gasteiger partial charge on any atom is -0.376 e. The van der Waals surface area contributed by atoms with Gasteiger partial charge in [-0.3, -0.25) is 4.79 Å². The summed E-state index contributed by atoms with van der Waals surface area (Å²) in [5, 5.41) is 23.6. The van der Waals surface area contributed by atoms with Crippen molar-refractivity contribution in [2.45, 2.75) is 83.2 Å². The number of rotatable bonds is 11. The Morgan fingerprint density at radius 3 is 2.55 bits per heavy atom. The largest absolute Gasteiger partial charge is 0.440 e. The Balaban J connectivity index is 1.62. The number of nitrogens with one attached hydrogen (secondary N) is 1. The molecule has 0 spiro atoms. The molecule has 1 aromatic heterocycles. The van der Waals surface area contributed by atoms with Crippen LogP contribution in [0.4, 0.5) is 0 Å². The van der Waals surface area contributed by atoms with Crippen molar-refractivity contribution in [2.75, 3.05) is 7.11 Å². The van der Waals surface area contributed by atoms with E-state index in [0.717, 1.165) is 0 Å². The van der Waals surface area contributed by atoms with E-state index in [0.29, 0.717) is 12.1 Å². The topological polar surface area (TPSA) is 145 Å². The van der Waals surface area contributed by atoms with E-state index < -0.39 is 44.3 Å². The van der Waals surface area contributed by atoms with E-state index >= 15 is 0 Å². The average molecular weight is 597 g/mol. The molecule has 1 fully saturated rings. The second-order valence-electron chi connectivity index (χ2n) is 10.8. The van der Waals surface area contributed by atoms with Crippen LogP contribution in [0.5, 0.6) is 0 Å². The standard InChI is InChI=1S/C29H38N7O5P/c1-19(2)36(20(3)4)42(39)23(11-13-30)25-22(17-34-16-14-31-18-34)41-28(26(25)40-5)35-15-12-24(33-29(35)38)32-27(37)21-9-7-6-8-10-21/h6-10,12,14-16,18-20,22-23,25-26,28-29,38H,11,17H2,1-5H3/p+1/t22-,23+,25-,26+,28+,29+/m0/s1. The Labute approximate surface area is 247 Å². The molecule has 1 saturated heterocycles. The van der Waals surface area contributed by atoms with Gasteiger partial charge in [0, 0.05) is 43.4 Å². The molecule has 2 aliphatic rings. The van der Waals surface area contributed by atoms with E-state index in [1.165, 1.54) is 4.90 Å². The van der Waals surface area contributed by atoms with Crippen molar-refractivity contribution in [1.29, 1.82) is 5.26 Å². The zero-order valence-electron chi connectivity index (χ0n) is 24.5. The summed E-state index contributed by atoms with van der Waals surface area (Å²) in [7, 11) is -0.467. The van der Waals surface area contributed by atoms with Crippen LogP contribution in [0.25, 0.3) is 0 Å². The molecule has 0 bridgehead atoms. The smallest absolute Gasteiger partial charge is 0.376 e. The molecule has 2 aromatic rings.